The molecule has 1 aliphatic rings. The minimum absolute atomic E-state index is 0.0395. The van der Waals surface area contributed by atoms with E-state index < -0.39 is 0 Å². The third-order valence-corrected chi connectivity index (χ3v) is 2.20. The predicted octanol–water partition coefficient (Wildman–Crippen LogP) is 0.0425. The molecule has 2 unspecified atom stereocenters. The summed E-state index contributed by atoms with van der Waals surface area (Å²) in [4.78, 5) is 11.5. The maximum atomic E-state index is 11.5. The molecule has 1 aliphatic carbocycles. The third kappa shape index (κ3) is 3.47. The van der Waals surface area contributed by atoms with Gasteiger partial charge in [-0.1, -0.05) is 12.2 Å². The number of amides is 1. The second-order valence-corrected chi connectivity index (χ2v) is 3.38. The summed E-state index contributed by atoms with van der Waals surface area (Å²) in [5.74, 6) is 0.000490. The van der Waals surface area contributed by atoms with E-state index in [1.54, 1.807) is 0 Å². The van der Waals surface area contributed by atoms with Crippen LogP contribution < -0.4 is 11.1 Å². The molecule has 0 spiro atoms. The summed E-state index contributed by atoms with van der Waals surface area (Å²) in [7, 11) is 0. The van der Waals surface area contributed by atoms with Gasteiger partial charge in [0.05, 0.1) is 12.5 Å². The van der Waals surface area contributed by atoms with E-state index in [4.69, 9.17) is 10.5 Å². The van der Waals surface area contributed by atoms with Crippen LogP contribution in [0.15, 0.2) is 12.2 Å². The average Bonchev–Trinajstić information content (AvgIpc) is 2.59. The molecule has 3 N–H and O–H groups in total. The Hall–Kier alpha value is -0.870. The fourth-order valence-electron chi connectivity index (χ4n) is 1.44. The molecule has 1 amide bonds. The standard InChI is InChI=1S/C10H18N2O2/c1-2-14-6-5-12-10(13)8-3-4-9(11)7-8/h3-4,8-9H,2,5-7,11H2,1H3,(H,12,13). The molecule has 0 aromatic carbocycles. The van der Waals surface area contributed by atoms with Gasteiger partial charge in [0.1, 0.15) is 0 Å². The number of rotatable bonds is 5. The van der Waals surface area contributed by atoms with E-state index in [0.717, 1.165) is 6.42 Å². The average molecular weight is 198 g/mol. The fourth-order valence-corrected chi connectivity index (χ4v) is 1.44. The molecule has 0 fully saturated rings. The molecule has 0 heterocycles. The number of ether oxygens (including phenoxy) is 1. The zero-order chi connectivity index (χ0) is 10.4. The SMILES string of the molecule is CCOCCNC(=O)C1C=CC(N)C1. The van der Waals surface area contributed by atoms with Gasteiger partial charge in [-0.2, -0.15) is 0 Å². The Balaban J connectivity index is 2.13. The lowest BCUT2D eigenvalue weighted by Gasteiger charge is -2.10. The van der Waals surface area contributed by atoms with Crippen molar-refractivity contribution in [2.45, 2.75) is 19.4 Å². The summed E-state index contributed by atoms with van der Waals surface area (Å²) in [6.07, 6.45) is 4.48. The van der Waals surface area contributed by atoms with E-state index in [2.05, 4.69) is 5.32 Å². The summed E-state index contributed by atoms with van der Waals surface area (Å²) in [6.45, 7) is 3.77. The van der Waals surface area contributed by atoms with Gasteiger partial charge in [-0.15, -0.1) is 0 Å². The third-order valence-electron chi connectivity index (χ3n) is 2.20. The first-order valence-corrected chi connectivity index (χ1v) is 5.03. The topological polar surface area (TPSA) is 64.3 Å². The normalized spacial score (nSPS) is 25.3. The molecule has 0 aromatic rings. The molecule has 0 saturated heterocycles. The van der Waals surface area contributed by atoms with Gasteiger partial charge in [0, 0.05) is 19.2 Å². The lowest BCUT2D eigenvalue weighted by atomic mass is 10.1. The molecule has 4 heteroatoms. The molecule has 4 nitrogen and oxygen atoms in total. The van der Waals surface area contributed by atoms with Crippen LogP contribution in [-0.2, 0) is 9.53 Å². The van der Waals surface area contributed by atoms with Gasteiger partial charge in [-0.25, -0.2) is 0 Å². The van der Waals surface area contributed by atoms with E-state index in [0.29, 0.717) is 19.8 Å². The largest absolute Gasteiger partial charge is 0.380 e. The molecular weight excluding hydrogens is 180 g/mol. The van der Waals surface area contributed by atoms with E-state index in [9.17, 15) is 4.79 Å². The van der Waals surface area contributed by atoms with Gasteiger partial charge < -0.3 is 15.8 Å². The Kier molecular flexibility index (Phi) is 4.62. The highest BCUT2D eigenvalue weighted by molar-refractivity contribution is 5.81. The van der Waals surface area contributed by atoms with Crippen molar-refractivity contribution in [1.29, 1.82) is 0 Å². The number of carbonyl (C=O) groups is 1. The summed E-state index contributed by atoms with van der Waals surface area (Å²) in [5, 5.41) is 2.81. The zero-order valence-electron chi connectivity index (χ0n) is 8.53. The number of nitrogens with two attached hydrogens (primary N) is 1. The van der Waals surface area contributed by atoms with Crippen molar-refractivity contribution < 1.29 is 9.53 Å². The van der Waals surface area contributed by atoms with Crippen LogP contribution in [0.25, 0.3) is 0 Å². The van der Waals surface area contributed by atoms with Crippen LogP contribution in [0.1, 0.15) is 13.3 Å². The minimum atomic E-state index is -0.0494. The van der Waals surface area contributed by atoms with Gasteiger partial charge in [-0.05, 0) is 13.3 Å². The van der Waals surface area contributed by atoms with Gasteiger partial charge in [0.15, 0.2) is 0 Å². The Morgan fingerprint density at radius 3 is 3.00 bits per heavy atom. The Bertz CT molecular complexity index is 216. The van der Waals surface area contributed by atoms with E-state index in [-0.39, 0.29) is 17.9 Å². The Morgan fingerprint density at radius 2 is 2.43 bits per heavy atom. The van der Waals surface area contributed by atoms with Crippen LogP contribution in [-0.4, -0.2) is 31.7 Å². The Labute approximate surface area is 84.5 Å². The van der Waals surface area contributed by atoms with Crippen molar-refractivity contribution in [3.8, 4) is 0 Å². The van der Waals surface area contributed by atoms with Crippen LogP contribution in [0.2, 0.25) is 0 Å². The maximum Gasteiger partial charge on any atom is 0.227 e. The molecule has 0 radical (unpaired) electrons. The van der Waals surface area contributed by atoms with Crippen LogP contribution in [0.3, 0.4) is 0 Å². The minimum Gasteiger partial charge on any atom is -0.380 e. The number of nitrogens with one attached hydrogen (secondary N) is 1. The van der Waals surface area contributed by atoms with Crippen LogP contribution >= 0.6 is 0 Å². The van der Waals surface area contributed by atoms with E-state index in [1.807, 2.05) is 19.1 Å². The molecule has 0 aliphatic heterocycles. The van der Waals surface area contributed by atoms with Crippen LogP contribution in [0, 0.1) is 5.92 Å². The lowest BCUT2D eigenvalue weighted by Crippen LogP contribution is -2.33. The molecule has 0 bridgehead atoms. The molecule has 1 rings (SSSR count). The van der Waals surface area contributed by atoms with Gasteiger partial charge in [0.25, 0.3) is 0 Å². The van der Waals surface area contributed by atoms with Crippen molar-refractivity contribution in [3.63, 3.8) is 0 Å². The number of hydrogen-bond acceptors (Lipinski definition) is 3. The lowest BCUT2D eigenvalue weighted by molar-refractivity contribution is -0.123. The Morgan fingerprint density at radius 1 is 1.64 bits per heavy atom. The predicted molar refractivity (Wildman–Crippen MR) is 54.7 cm³/mol. The van der Waals surface area contributed by atoms with Crippen molar-refractivity contribution in [3.05, 3.63) is 12.2 Å². The zero-order valence-corrected chi connectivity index (χ0v) is 8.53. The van der Waals surface area contributed by atoms with Crippen LogP contribution in [0.4, 0.5) is 0 Å². The monoisotopic (exact) mass is 198 g/mol. The van der Waals surface area contributed by atoms with Gasteiger partial charge in [-0.3, -0.25) is 4.79 Å². The summed E-state index contributed by atoms with van der Waals surface area (Å²) < 4.78 is 5.11. The summed E-state index contributed by atoms with van der Waals surface area (Å²) in [5.41, 5.74) is 5.65. The van der Waals surface area contributed by atoms with Crippen molar-refractivity contribution in [1.82, 2.24) is 5.32 Å². The van der Waals surface area contributed by atoms with Crippen molar-refractivity contribution >= 4 is 5.91 Å². The smallest absolute Gasteiger partial charge is 0.227 e. The second kappa shape index (κ2) is 5.78. The van der Waals surface area contributed by atoms with E-state index >= 15 is 0 Å². The highest BCUT2D eigenvalue weighted by Gasteiger charge is 2.21. The van der Waals surface area contributed by atoms with Crippen molar-refractivity contribution in [2.75, 3.05) is 19.8 Å². The van der Waals surface area contributed by atoms with Gasteiger partial charge in [0.2, 0.25) is 5.91 Å². The van der Waals surface area contributed by atoms with Gasteiger partial charge >= 0.3 is 0 Å². The highest BCUT2D eigenvalue weighted by Crippen LogP contribution is 2.15. The fraction of sp³-hybridized carbons (Fsp3) is 0.700. The quantitative estimate of drug-likeness (QED) is 0.484. The number of carbonyl (C=O) groups excluding carboxylic acids is 1. The van der Waals surface area contributed by atoms with E-state index in [1.165, 1.54) is 0 Å². The number of hydrogen-bond donors (Lipinski definition) is 2. The first-order valence-electron chi connectivity index (χ1n) is 5.03. The summed E-state index contributed by atoms with van der Waals surface area (Å²) in [6, 6.07) is 0.0395. The molecule has 0 saturated carbocycles. The molecule has 2 atom stereocenters. The highest BCUT2D eigenvalue weighted by atomic mass is 16.5. The maximum absolute atomic E-state index is 11.5. The molecule has 80 valence electrons. The molecule has 14 heavy (non-hydrogen) atoms. The first-order chi connectivity index (χ1) is 6.74. The summed E-state index contributed by atoms with van der Waals surface area (Å²) >= 11 is 0. The molecular formula is C10H18N2O2. The first kappa shape index (κ1) is 11.2. The second-order valence-electron chi connectivity index (χ2n) is 3.38. The molecule has 0 aromatic heterocycles. The van der Waals surface area contributed by atoms with Crippen molar-refractivity contribution in [2.24, 2.45) is 11.7 Å². The van der Waals surface area contributed by atoms with Crippen LogP contribution in [0.5, 0.6) is 0 Å².